The smallest absolute Gasteiger partial charge is 0.309 e. The van der Waals surface area contributed by atoms with E-state index in [1.165, 1.54) is 6.07 Å². The number of nitrogens with one attached hydrogen (secondary N) is 1. The summed E-state index contributed by atoms with van der Waals surface area (Å²) in [4.78, 5) is 4.21. The summed E-state index contributed by atoms with van der Waals surface area (Å²) in [5.41, 5.74) is 0.147. The van der Waals surface area contributed by atoms with E-state index in [9.17, 15) is 13.2 Å². The van der Waals surface area contributed by atoms with Crippen molar-refractivity contribution < 1.29 is 13.2 Å². The summed E-state index contributed by atoms with van der Waals surface area (Å²) >= 11 is 0. The van der Waals surface area contributed by atoms with Crippen molar-refractivity contribution in [3.8, 4) is 0 Å². The summed E-state index contributed by atoms with van der Waals surface area (Å²) in [6.45, 7) is 8.23. The lowest BCUT2D eigenvalue weighted by atomic mass is 10.0. The summed E-state index contributed by atoms with van der Waals surface area (Å²) in [5.74, 6) is -0.255. The van der Waals surface area contributed by atoms with Gasteiger partial charge in [0.2, 0.25) is 0 Å². The van der Waals surface area contributed by atoms with Gasteiger partial charge in [-0.05, 0) is 37.9 Å². The van der Waals surface area contributed by atoms with Crippen LogP contribution in [-0.2, 0) is 6.18 Å². The highest BCUT2D eigenvalue weighted by molar-refractivity contribution is 5.29. The lowest BCUT2D eigenvalue weighted by molar-refractivity contribution is -0.138. The van der Waals surface area contributed by atoms with E-state index in [-0.39, 0.29) is 17.7 Å². The van der Waals surface area contributed by atoms with E-state index in [0.717, 1.165) is 19.0 Å². The molecule has 1 aromatic rings. The molecule has 0 saturated heterocycles. The van der Waals surface area contributed by atoms with Crippen LogP contribution in [0.1, 0.15) is 63.0 Å². The van der Waals surface area contributed by atoms with Gasteiger partial charge in [0.25, 0.3) is 0 Å². The summed E-state index contributed by atoms with van der Waals surface area (Å²) < 4.78 is 38.7. The van der Waals surface area contributed by atoms with Gasteiger partial charge in [0.1, 0.15) is 0 Å². The topological polar surface area (TPSA) is 24.9 Å². The predicted octanol–water partition coefficient (Wildman–Crippen LogP) is 4.28. The largest absolute Gasteiger partial charge is 0.418 e. The maximum Gasteiger partial charge on any atom is 0.418 e. The first kappa shape index (κ1) is 16.0. The van der Waals surface area contributed by atoms with Crippen molar-refractivity contribution >= 4 is 0 Å². The molecule has 0 radical (unpaired) electrons. The number of pyridine rings is 1. The van der Waals surface area contributed by atoms with Crippen LogP contribution in [-0.4, -0.2) is 11.5 Å². The standard InChI is InChI=1S/C14H21F3N2/c1-5-8-18-10(4)12-7-6-11(14(15,16)17)13(19-12)9(2)3/h6-7,9-10,18H,5,8H2,1-4H3/t10-/m0/s1. The summed E-state index contributed by atoms with van der Waals surface area (Å²) in [5, 5.41) is 3.23. The van der Waals surface area contributed by atoms with Gasteiger partial charge in [-0.2, -0.15) is 13.2 Å². The van der Waals surface area contributed by atoms with E-state index in [2.05, 4.69) is 10.3 Å². The van der Waals surface area contributed by atoms with Crippen molar-refractivity contribution in [2.75, 3.05) is 6.54 Å². The van der Waals surface area contributed by atoms with Crippen LogP contribution in [0.2, 0.25) is 0 Å². The van der Waals surface area contributed by atoms with Crippen LogP contribution in [0.15, 0.2) is 12.1 Å². The predicted molar refractivity (Wildman–Crippen MR) is 70.0 cm³/mol. The van der Waals surface area contributed by atoms with Crippen LogP contribution in [0.25, 0.3) is 0 Å². The molecule has 0 unspecified atom stereocenters. The SMILES string of the molecule is CCCN[C@@H](C)c1ccc(C(F)(F)F)c(C(C)C)n1. The Kier molecular flexibility index (Phi) is 5.35. The van der Waals surface area contributed by atoms with Crippen LogP contribution < -0.4 is 5.32 Å². The Morgan fingerprint density at radius 2 is 1.84 bits per heavy atom. The Morgan fingerprint density at radius 3 is 2.32 bits per heavy atom. The minimum Gasteiger partial charge on any atom is -0.309 e. The fraction of sp³-hybridized carbons (Fsp3) is 0.643. The molecule has 0 aromatic carbocycles. The average molecular weight is 274 g/mol. The maximum absolute atomic E-state index is 12.9. The van der Waals surface area contributed by atoms with Crippen LogP contribution in [0.3, 0.4) is 0 Å². The molecule has 0 amide bonds. The van der Waals surface area contributed by atoms with E-state index < -0.39 is 11.7 Å². The number of rotatable bonds is 5. The van der Waals surface area contributed by atoms with Gasteiger partial charge in [-0.25, -0.2) is 0 Å². The van der Waals surface area contributed by atoms with E-state index >= 15 is 0 Å². The van der Waals surface area contributed by atoms with Gasteiger partial charge >= 0.3 is 6.18 Å². The van der Waals surface area contributed by atoms with Crippen molar-refractivity contribution in [2.45, 2.75) is 52.3 Å². The van der Waals surface area contributed by atoms with Crippen LogP contribution in [0, 0.1) is 0 Å². The Hall–Kier alpha value is -1.10. The van der Waals surface area contributed by atoms with Gasteiger partial charge in [0.05, 0.1) is 17.0 Å². The molecule has 0 aliphatic carbocycles. The zero-order chi connectivity index (χ0) is 14.6. The molecular formula is C14H21F3N2. The zero-order valence-electron chi connectivity index (χ0n) is 11.8. The number of hydrogen-bond acceptors (Lipinski definition) is 2. The van der Waals surface area contributed by atoms with Gasteiger partial charge in [-0.1, -0.05) is 20.8 Å². The Labute approximate surface area is 112 Å². The van der Waals surface area contributed by atoms with Crippen LogP contribution in [0.5, 0.6) is 0 Å². The van der Waals surface area contributed by atoms with E-state index in [1.807, 2.05) is 13.8 Å². The molecule has 1 rings (SSSR count). The first-order valence-electron chi connectivity index (χ1n) is 6.58. The summed E-state index contributed by atoms with van der Waals surface area (Å²) in [6, 6.07) is 2.56. The molecule has 1 atom stereocenters. The molecule has 1 heterocycles. The first-order valence-corrected chi connectivity index (χ1v) is 6.58. The third-order valence-electron chi connectivity index (χ3n) is 2.94. The molecule has 0 aliphatic rings. The normalized spacial score (nSPS) is 13.9. The lowest BCUT2D eigenvalue weighted by Gasteiger charge is -2.19. The highest BCUT2D eigenvalue weighted by atomic mass is 19.4. The van der Waals surface area contributed by atoms with Gasteiger partial charge in [0.15, 0.2) is 0 Å². The molecule has 108 valence electrons. The Morgan fingerprint density at radius 1 is 1.21 bits per heavy atom. The highest BCUT2D eigenvalue weighted by Crippen LogP contribution is 2.34. The number of alkyl halides is 3. The molecule has 0 fully saturated rings. The second-order valence-corrected chi connectivity index (χ2v) is 5.00. The molecular weight excluding hydrogens is 253 g/mol. The molecule has 0 aliphatic heterocycles. The monoisotopic (exact) mass is 274 g/mol. The van der Waals surface area contributed by atoms with Gasteiger partial charge in [-0.3, -0.25) is 4.98 Å². The summed E-state index contributed by atoms with van der Waals surface area (Å²) in [6.07, 6.45) is -3.37. The van der Waals surface area contributed by atoms with Crippen molar-refractivity contribution in [2.24, 2.45) is 0 Å². The van der Waals surface area contributed by atoms with Gasteiger partial charge in [-0.15, -0.1) is 0 Å². The fourth-order valence-corrected chi connectivity index (χ4v) is 1.88. The quantitative estimate of drug-likeness (QED) is 0.866. The molecule has 19 heavy (non-hydrogen) atoms. The van der Waals surface area contributed by atoms with Crippen molar-refractivity contribution in [1.29, 1.82) is 0 Å². The zero-order valence-corrected chi connectivity index (χ0v) is 11.8. The molecule has 0 spiro atoms. The molecule has 1 N–H and O–H groups in total. The summed E-state index contributed by atoms with van der Waals surface area (Å²) in [7, 11) is 0. The molecule has 2 nitrogen and oxygen atoms in total. The number of halogens is 3. The second-order valence-electron chi connectivity index (χ2n) is 5.00. The van der Waals surface area contributed by atoms with Crippen LogP contribution in [0.4, 0.5) is 13.2 Å². The van der Waals surface area contributed by atoms with Crippen molar-refractivity contribution in [3.63, 3.8) is 0 Å². The molecule has 0 saturated carbocycles. The second kappa shape index (κ2) is 6.37. The molecule has 1 aromatic heterocycles. The van der Waals surface area contributed by atoms with Crippen molar-refractivity contribution in [3.05, 3.63) is 29.1 Å². The number of nitrogens with zero attached hydrogens (tertiary/aromatic N) is 1. The minimum atomic E-state index is -4.34. The Bertz CT molecular complexity index is 414. The van der Waals surface area contributed by atoms with E-state index in [4.69, 9.17) is 0 Å². The van der Waals surface area contributed by atoms with Crippen LogP contribution >= 0.6 is 0 Å². The van der Waals surface area contributed by atoms with Gasteiger partial charge < -0.3 is 5.32 Å². The number of aromatic nitrogens is 1. The van der Waals surface area contributed by atoms with Gasteiger partial charge in [0, 0.05) is 6.04 Å². The Balaban J connectivity index is 3.09. The molecule has 5 heteroatoms. The van der Waals surface area contributed by atoms with Crippen molar-refractivity contribution in [1.82, 2.24) is 10.3 Å². The first-order chi connectivity index (χ1) is 8.77. The van der Waals surface area contributed by atoms with E-state index in [0.29, 0.717) is 5.69 Å². The maximum atomic E-state index is 12.9. The fourth-order valence-electron chi connectivity index (χ4n) is 1.88. The lowest BCUT2D eigenvalue weighted by Crippen LogP contribution is -2.22. The highest BCUT2D eigenvalue weighted by Gasteiger charge is 2.35. The third-order valence-corrected chi connectivity index (χ3v) is 2.94. The average Bonchev–Trinajstić information content (AvgIpc) is 2.34. The third kappa shape index (κ3) is 4.20. The number of hydrogen-bond donors (Lipinski definition) is 1. The molecule has 0 bridgehead atoms. The minimum absolute atomic E-state index is 0.0419. The van der Waals surface area contributed by atoms with E-state index in [1.54, 1.807) is 13.8 Å².